The molecule has 0 heterocycles. The van der Waals surface area contributed by atoms with Gasteiger partial charge in [-0.15, -0.1) is 0 Å². The molecule has 19 heavy (non-hydrogen) atoms. The Morgan fingerprint density at radius 3 is 2.68 bits per heavy atom. The van der Waals surface area contributed by atoms with Gasteiger partial charge >= 0.3 is 0 Å². The van der Waals surface area contributed by atoms with Crippen LogP contribution < -0.4 is 5.32 Å². The van der Waals surface area contributed by atoms with Gasteiger partial charge in [-0.25, -0.2) is 0 Å². The summed E-state index contributed by atoms with van der Waals surface area (Å²) in [6.07, 6.45) is 4.93. The summed E-state index contributed by atoms with van der Waals surface area (Å²) >= 11 is 3.20. The third-order valence-electron chi connectivity index (χ3n) is 3.90. The second kappa shape index (κ2) is 6.42. The zero-order valence-corrected chi connectivity index (χ0v) is 12.7. The number of aromatic hydroxyl groups is 1. The van der Waals surface area contributed by atoms with Crippen molar-refractivity contribution in [1.82, 2.24) is 5.32 Å². The number of carbonyl (C=O) groups excluding carboxylic acids is 1. The molecule has 1 aromatic rings. The minimum Gasteiger partial charge on any atom is -0.507 e. The summed E-state index contributed by atoms with van der Waals surface area (Å²) in [4.78, 5) is 12.0. The predicted octanol–water partition coefficient (Wildman–Crippen LogP) is 3.71. The number of carbonyl (C=O) groups is 1. The minimum atomic E-state index is -0.110. The maximum atomic E-state index is 12.0. The maximum absolute atomic E-state index is 12.0. The summed E-state index contributed by atoms with van der Waals surface area (Å²) in [7, 11) is 0. The Morgan fingerprint density at radius 2 is 2.05 bits per heavy atom. The van der Waals surface area contributed by atoms with E-state index in [1.165, 1.54) is 31.7 Å². The monoisotopic (exact) mass is 325 g/mol. The fourth-order valence-corrected chi connectivity index (χ4v) is 2.77. The van der Waals surface area contributed by atoms with Gasteiger partial charge in [-0.3, -0.25) is 4.79 Å². The molecule has 2 N–H and O–H groups in total. The van der Waals surface area contributed by atoms with E-state index in [1.54, 1.807) is 12.1 Å². The molecule has 1 aliphatic rings. The molecule has 0 unspecified atom stereocenters. The Hall–Kier alpha value is -1.03. The number of nitrogens with one attached hydrogen (secondary N) is 1. The molecule has 1 amide bonds. The van der Waals surface area contributed by atoms with Crippen LogP contribution in [-0.4, -0.2) is 17.6 Å². The van der Waals surface area contributed by atoms with E-state index < -0.39 is 0 Å². The van der Waals surface area contributed by atoms with Crippen LogP contribution in [0.15, 0.2) is 22.7 Å². The Kier molecular flexibility index (Phi) is 4.86. The van der Waals surface area contributed by atoms with E-state index in [9.17, 15) is 9.90 Å². The smallest absolute Gasteiger partial charge is 0.251 e. The van der Waals surface area contributed by atoms with Gasteiger partial charge in [0.05, 0.1) is 4.47 Å². The summed E-state index contributed by atoms with van der Waals surface area (Å²) < 4.78 is 0.602. The van der Waals surface area contributed by atoms with E-state index in [-0.39, 0.29) is 11.7 Å². The molecule has 0 spiro atoms. The lowest BCUT2D eigenvalue weighted by molar-refractivity contribution is 0.0941. The lowest BCUT2D eigenvalue weighted by Gasteiger charge is -2.26. The molecule has 104 valence electrons. The van der Waals surface area contributed by atoms with E-state index in [2.05, 4.69) is 28.2 Å². The van der Waals surface area contributed by atoms with Crippen LogP contribution in [0.5, 0.6) is 5.75 Å². The van der Waals surface area contributed by atoms with Crippen LogP contribution in [0, 0.1) is 11.8 Å². The van der Waals surface area contributed by atoms with Crippen LogP contribution in [0.1, 0.15) is 43.0 Å². The molecule has 0 saturated heterocycles. The summed E-state index contributed by atoms with van der Waals surface area (Å²) in [5.74, 6) is 1.42. The largest absolute Gasteiger partial charge is 0.507 e. The summed E-state index contributed by atoms with van der Waals surface area (Å²) in [6, 6.07) is 4.89. The fraction of sp³-hybridized carbons (Fsp3) is 0.533. The van der Waals surface area contributed by atoms with Crippen LogP contribution in [-0.2, 0) is 0 Å². The highest BCUT2D eigenvalue weighted by Gasteiger charge is 2.19. The van der Waals surface area contributed by atoms with Crippen LogP contribution in [0.2, 0.25) is 0 Å². The third kappa shape index (κ3) is 3.96. The summed E-state index contributed by atoms with van der Waals surface area (Å²) in [6.45, 7) is 3.03. The number of halogens is 1. The van der Waals surface area contributed by atoms with Crippen molar-refractivity contribution in [1.29, 1.82) is 0 Å². The minimum absolute atomic E-state index is 0.0964. The lowest BCUT2D eigenvalue weighted by atomic mass is 9.83. The Bertz CT molecular complexity index is 453. The Morgan fingerprint density at radius 1 is 1.37 bits per heavy atom. The maximum Gasteiger partial charge on any atom is 0.251 e. The van der Waals surface area contributed by atoms with E-state index in [0.29, 0.717) is 16.0 Å². The number of benzene rings is 1. The van der Waals surface area contributed by atoms with Crippen LogP contribution in [0.4, 0.5) is 0 Å². The van der Waals surface area contributed by atoms with Crippen molar-refractivity contribution in [3.05, 3.63) is 28.2 Å². The molecule has 1 fully saturated rings. The van der Waals surface area contributed by atoms with Gasteiger partial charge in [0, 0.05) is 12.1 Å². The van der Waals surface area contributed by atoms with E-state index in [1.807, 2.05) is 0 Å². The molecule has 0 aromatic heterocycles. The van der Waals surface area contributed by atoms with Crippen LogP contribution in [0.3, 0.4) is 0 Å². The van der Waals surface area contributed by atoms with E-state index >= 15 is 0 Å². The van der Waals surface area contributed by atoms with Gasteiger partial charge in [0.2, 0.25) is 0 Å². The molecule has 1 aliphatic carbocycles. The molecule has 0 bridgehead atoms. The fourth-order valence-electron chi connectivity index (χ4n) is 2.53. The van der Waals surface area contributed by atoms with Gasteiger partial charge in [-0.1, -0.05) is 19.8 Å². The van der Waals surface area contributed by atoms with Gasteiger partial charge in [0.1, 0.15) is 5.75 Å². The molecular formula is C15H20BrNO2. The lowest BCUT2D eigenvalue weighted by Crippen LogP contribution is -2.31. The highest BCUT2D eigenvalue weighted by molar-refractivity contribution is 9.10. The number of amides is 1. The quantitative estimate of drug-likeness (QED) is 0.889. The summed E-state index contributed by atoms with van der Waals surface area (Å²) in [5, 5.41) is 12.5. The second-order valence-electron chi connectivity index (χ2n) is 5.50. The first-order valence-corrected chi connectivity index (χ1v) is 7.62. The van der Waals surface area contributed by atoms with Crippen molar-refractivity contribution in [2.75, 3.05) is 6.54 Å². The van der Waals surface area contributed by atoms with Gasteiger partial charge in [-0.05, 0) is 58.8 Å². The van der Waals surface area contributed by atoms with Gasteiger partial charge in [0.15, 0.2) is 0 Å². The Labute approximate surface area is 122 Å². The molecule has 3 nitrogen and oxygen atoms in total. The zero-order chi connectivity index (χ0) is 13.8. The molecule has 1 saturated carbocycles. The number of phenols is 1. The number of phenolic OH excluding ortho intramolecular Hbond substituents is 1. The first kappa shape index (κ1) is 14.4. The molecule has 0 atom stereocenters. The highest BCUT2D eigenvalue weighted by Crippen LogP contribution is 2.28. The Balaban J connectivity index is 1.85. The van der Waals surface area contributed by atoms with Crippen molar-refractivity contribution in [2.24, 2.45) is 11.8 Å². The van der Waals surface area contributed by atoms with Crippen molar-refractivity contribution in [3.8, 4) is 5.75 Å². The molecule has 0 aliphatic heterocycles. The molecule has 2 rings (SSSR count). The third-order valence-corrected chi connectivity index (χ3v) is 4.57. The molecule has 1 aromatic carbocycles. The zero-order valence-electron chi connectivity index (χ0n) is 11.2. The normalized spacial score (nSPS) is 23.1. The van der Waals surface area contributed by atoms with E-state index in [4.69, 9.17) is 0 Å². The van der Waals surface area contributed by atoms with Crippen molar-refractivity contribution < 1.29 is 9.90 Å². The SMILES string of the molecule is CC1CCC(CNC(=O)c2ccc(Br)c(O)c2)CC1. The number of hydrogen-bond acceptors (Lipinski definition) is 2. The molecule has 0 radical (unpaired) electrons. The summed E-state index contributed by atoms with van der Waals surface area (Å²) in [5.41, 5.74) is 0.505. The van der Waals surface area contributed by atoms with Crippen molar-refractivity contribution >= 4 is 21.8 Å². The van der Waals surface area contributed by atoms with Gasteiger partial charge < -0.3 is 10.4 Å². The second-order valence-corrected chi connectivity index (χ2v) is 6.36. The average Bonchev–Trinajstić information content (AvgIpc) is 2.41. The number of hydrogen-bond donors (Lipinski definition) is 2. The van der Waals surface area contributed by atoms with E-state index in [0.717, 1.165) is 12.5 Å². The first-order valence-electron chi connectivity index (χ1n) is 6.83. The van der Waals surface area contributed by atoms with Crippen LogP contribution >= 0.6 is 15.9 Å². The van der Waals surface area contributed by atoms with Crippen molar-refractivity contribution in [2.45, 2.75) is 32.6 Å². The topological polar surface area (TPSA) is 49.3 Å². The highest BCUT2D eigenvalue weighted by atomic mass is 79.9. The van der Waals surface area contributed by atoms with Gasteiger partial charge in [0.25, 0.3) is 5.91 Å². The van der Waals surface area contributed by atoms with Crippen molar-refractivity contribution in [3.63, 3.8) is 0 Å². The molecular weight excluding hydrogens is 306 g/mol. The first-order chi connectivity index (χ1) is 9.06. The standard InChI is InChI=1S/C15H20BrNO2/c1-10-2-4-11(5-3-10)9-17-15(19)12-6-7-13(16)14(18)8-12/h6-8,10-11,18H,2-5,9H2,1H3,(H,17,19). The molecule has 4 heteroatoms. The van der Waals surface area contributed by atoms with Gasteiger partial charge in [-0.2, -0.15) is 0 Å². The average molecular weight is 326 g/mol. The number of rotatable bonds is 3. The predicted molar refractivity (Wildman–Crippen MR) is 79.3 cm³/mol. The van der Waals surface area contributed by atoms with Crippen LogP contribution in [0.25, 0.3) is 0 Å².